The standard InChI is InChI=1S/C21H24F4N4O/c1-2-28-10-7-17-14(13-28)18(27-26-17)19(30)29-11-8-20(22,9-12-29)15-5-3-4-6-16(15)21(23,24)25/h3-6H,2,7-13H2,1H3,(H,26,27). The molecule has 3 heterocycles. The van der Waals surface area contributed by atoms with Gasteiger partial charge >= 0.3 is 6.18 Å². The van der Waals surface area contributed by atoms with Crippen molar-refractivity contribution in [3.63, 3.8) is 0 Å². The Morgan fingerprint density at radius 3 is 2.57 bits per heavy atom. The molecule has 0 bridgehead atoms. The van der Waals surface area contributed by atoms with Crippen LogP contribution in [0.15, 0.2) is 24.3 Å². The van der Waals surface area contributed by atoms with Gasteiger partial charge in [0.15, 0.2) is 5.69 Å². The molecule has 162 valence electrons. The van der Waals surface area contributed by atoms with Gasteiger partial charge in [0.05, 0.1) is 5.56 Å². The maximum atomic E-state index is 15.6. The highest BCUT2D eigenvalue weighted by molar-refractivity contribution is 5.94. The highest BCUT2D eigenvalue weighted by atomic mass is 19.4. The van der Waals surface area contributed by atoms with E-state index in [1.165, 1.54) is 23.1 Å². The highest BCUT2D eigenvalue weighted by Crippen LogP contribution is 2.43. The minimum atomic E-state index is -4.62. The van der Waals surface area contributed by atoms with Gasteiger partial charge in [-0.05, 0) is 12.6 Å². The fourth-order valence-corrected chi connectivity index (χ4v) is 4.40. The number of piperidine rings is 1. The lowest BCUT2D eigenvalue weighted by Gasteiger charge is -2.37. The zero-order chi connectivity index (χ0) is 21.5. The van der Waals surface area contributed by atoms with Crippen LogP contribution >= 0.6 is 0 Å². The van der Waals surface area contributed by atoms with Crippen LogP contribution < -0.4 is 0 Å². The predicted octanol–water partition coefficient (Wildman–Crippen LogP) is 3.91. The molecule has 9 heteroatoms. The number of benzene rings is 1. The summed E-state index contributed by atoms with van der Waals surface area (Å²) in [5, 5.41) is 7.13. The Balaban J connectivity index is 1.51. The van der Waals surface area contributed by atoms with E-state index >= 15 is 4.39 Å². The Hall–Kier alpha value is -2.42. The van der Waals surface area contributed by atoms with E-state index in [9.17, 15) is 18.0 Å². The van der Waals surface area contributed by atoms with Crippen LogP contribution in [0, 0.1) is 0 Å². The number of hydrogen-bond donors (Lipinski definition) is 1. The molecule has 1 amide bonds. The van der Waals surface area contributed by atoms with E-state index in [0.29, 0.717) is 12.2 Å². The number of aromatic nitrogens is 2. The minimum absolute atomic E-state index is 0.0423. The maximum Gasteiger partial charge on any atom is 0.416 e. The number of carbonyl (C=O) groups is 1. The summed E-state index contributed by atoms with van der Waals surface area (Å²) >= 11 is 0. The zero-order valence-corrected chi connectivity index (χ0v) is 16.7. The Bertz CT molecular complexity index is 931. The second-order valence-corrected chi connectivity index (χ2v) is 7.95. The number of halogens is 4. The van der Waals surface area contributed by atoms with Crippen LogP contribution in [0.5, 0.6) is 0 Å². The molecule has 0 spiro atoms. The average Bonchev–Trinajstić information content (AvgIpc) is 3.16. The van der Waals surface area contributed by atoms with Gasteiger partial charge in [0.1, 0.15) is 5.67 Å². The molecular formula is C21H24F4N4O. The molecule has 1 aromatic heterocycles. The first-order valence-corrected chi connectivity index (χ1v) is 10.2. The molecule has 5 nitrogen and oxygen atoms in total. The normalized spacial score (nSPS) is 19.6. The predicted molar refractivity (Wildman–Crippen MR) is 103 cm³/mol. The summed E-state index contributed by atoms with van der Waals surface area (Å²) in [6.45, 7) is 4.53. The van der Waals surface area contributed by atoms with Crippen molar-refractivity contribution in [3.05, 3.63) is 52.3 Å². The smallest absolute Gasteiger partial charge is 0.337 e. The first-order chi connectivity index (χ1) is 14.2. The fraction of sp³-hybridized carbons (Fsp3) is 0.524. The third-order valence-corrected chi connectivity index (χ3v) is 6.22. The molecule has 1 fully saturated rings. The Kier molecular flexibility index (Phi) is 5.34. The lowest BCUT2D eigenvalue weighted by molar-refractivity contribution is -0.140. The summed E-state index contributed by atoms with van der Waals surface area (Å²) in [5.41, 5.74) is -1.27. The van der Waals surface area contributed by atoms with Crippen molar-refractivity contribution < 1.29 is 22.4 Å². The van der Waals surface area contributed by atoms with E-state index in [-0.39, 0.29) is 37.4 Å². The van der Waals surface area contributed by atoms with Gasteiger partial charge in [0, 0.05) is 62.3 Å². The van der Waals surface area contributed by atoms with Gasteiger partial charge in [-0.15, -0.1) is 0 Å². The minimum Gasteiger partial charge on any atom is -0.337 e. The van der Waals surface area contributed by atoms with Gasteiger partial charge in [0.2, 0.25) is 0 Å². The number of amides is 1. The van der Waals surface area contributed by atoms with Crippen LogP contribution in [0.2, 0.25) is 0 Å². The Morgan fingerprint density at radius 1 is 1.20 bits per heavy atom. The topological polar surface area (TPSA) is 52.2 Å². The monoisotopic (exact) mass is 424 g/mol. The molecule has 2 aliphatic heterocycles. The quantitative estimate of drug-likeness (QED) is 0.761. The van der Waals surface area contributed by atoms with E-state index < -0.39 is 17.4 Å². The summed E-state index contributed by atoms with van der Waals surface area (Å²) < 4.78 is 55.6. The van der Waals surface area contributed by atoms with Crippen LogP contribution in [-0.2, 0) is 24.8 Å². The average molecular weight is 424 g/mol. The zero-order valence-electron chi connectivity index (χ0n) is 16.7. The van der Waals surface area contributed by atoms with Crippen molar-refractivity contribution in [2.24, 2.45) is 0 Å². The molecule has 2 aliphatic rings. The number of likely N-dealkylation sites (tertiary alicyclic amines) is 1. The van der Waals surface area contributed by atoms with Crippen molar-refractivity contribution >= 4 is 5.91 Å². The van der Waals surface area contributed by atoms with Gasteiger partial charge in [0.25, 0.3) is 5.91 Å². The molecule has 0 saturated carbocycles. The lowest BCUT2D eigenvalue weighted by Crippen LogP contribution is -2.44. The van der Waals surface area contributed by atoms with Crippen LogP contribution in [0.1, 0.15) is 52.6 Å². The lowest BCUT2D eigenvalue weighted by atomic mass is 9.83. The number of aromatic amines is 1. The van der Waals surface area contributed by atoms with E-state index in [1.807, 2.05) is 0 Å². The number of rotatable bonds is 3. The molecule has 0 atom stereocenters. The molecule has 1 aromatic carbocycles. The van der Waals surface area contributed by atoms with Gasteiger partial charge in [-0.2, -0.15) is 18.3 Å². The van der Waals surface area contributed by atoms with Crippen molar-refractivity contribution in [3.8, 4) is 0 Å². The summed E-state index contributed by atoms with van der Waals surface area (Å²) in [6, 6.07) is 4.78. The van der Waals surface area contributed by atoms with Gasteiger partial charge in [-0.25, -0.2) is 4.39 Å². The van der Waals surface area contributed by atoms with Crippen LogP contribution in [-0.4, -0.2) is 52.1 Å². The molecule has 30 heavy (non-hydrogen) atoms. The largest absolute Gasteiger partial charge is 0.416 e. The van der Waals surface area contributed by atoms with E-state index in [4.69, 9.17) is 0 Å². The number of H-pyrrole nitrogens is 1. The van der Waals surface area contributed by atoms with Gasteiger partial charge in [-0.3, -0.25) is 14.8 Å². The molecular weight excluding hydrogens is 400 g/mol. The first-order valence-electron chi connectivity index (χ1n) is 10.2. The molecule has 0 unspecified atom stereocenters. The maximum absolute atomic E-state index is 15.6. The van der Waals surface area contributed by atoms with Gasteiger partial charge in [-0.1, -0.05) is 25.1 Å². The van der Waals surface area contributed by atoms with Crippen molar-refractivity contribution in [2.75, 3.05) is 26.2 Å². The third kappa shape index (κ3) is 3.71. The summed E-state index contributed by atoms with van der Waals surface area (Å²) in [5.74, 6) is -0.295. The molecule has 4 rings (SSSR count). The van der Waals surface area contributed by atoms with Crippen LogP contribution in [0.25, 0.3) is 0 Å². The summed E-state index contributed by atoms with van der Waals surface area (Å²) in [4.78, 5) is 16.7. The first kappa shape index (κ1) is 20.8. The fourth-order valence-electron chi connectivity index (χ4n) is 4.40. The van der Waals surface area contributed by atoms with Crippen LogP contribution in [0.4, 0.5) is 17.6 Å². The third-order valence-electron chi connectivity index (χ3n) is 6.22. The SMILES string of the molecule is CCN1CCc2[nH]nc(C(=O)N3CCC(F)(c4ccccc4C(F)(F)F)CC3)c2C1. The van der Waals surface area contributed by atoms with E-state index in [2.05, 4.69) is 22.0 Å². The number of carbonyl (C=O) groups excluding carboxylic acids is 1. The molecule has 1 saturated heterocycles. The summed E-state index contributed by atoms with van der Waals surface area (Å²) in [7, 11) is 0. The Labute approximate surface area is 172 Å². The number of likely N-dealkylation sites (N-methyl/N-ethyl adjacent to an activating group) is 1. The number of nitrogens with zero attached hydrogens (tertiary/aromatic N) is 3. The number of nitrogens with one attached hydrogen (secondary N) is 1. The Morgan fingerprint density at radius 2 is 1.90 bits per heavy atom. The van der Waals surface area contributed by atoms with E-state index in [0.717, 1.165) is 36.8 Å². The number of alkyl halides is 4. The summed E-state index contributed by atoms with van der Waals surface area (Å²) in [6.07, 6.45) is -4.20. The molecule has 0 aliphatic carbocycles. The second kappa shape index (κ2) is 7.68. The molecule has 1 N–H and O–H groups in total. The second-order valence-electron chi connectivity index (χ2n) is 7.95. The van der Waals surface area contributed by atoms with E-state index in [1.54, 1.807) is 0 Å². The van der Waals surface area contributed by atoms with Crippen molar-refractivity contribution in [1.29, 1.82) is 0 Å². The molecule has 2 aromatic rings. The number of fused-ring (bicyclic) bond motifs is 1. The van der Waals surface area contributed by atoms with Crippen molar-refractivity contribution in [2.45, 2.75) is 44.6 Å². The number of hydrogen-bond acceptors (Lipinski definition) is 3. The van der Waals surface area contributed by atoms with Crippen LogP contribution in [0.3, 0.4) is 0 Å². The van der Waals surface area contributed by atoms with Crippen molar-refractivity contribution in [1.82, 2.24) is 20.0 Å². The molecule has 0 radical (unpaired) electrons. The van der Waals surface area contributed by atoms with Gasteiger partial charge < -0.3 is 4.90 Å². The highest BCUT2D eigenvalue weighted by Gasteiger charge is 2.44.